The lowest BCUT2D eigenvalue weighted by molar-refractivity contribution is -0.133. The van der Waals surface area contributed by atoms with Crippen LogP contribution in [0.1, 0.15) is 29.7 Å². The molecule has 4 rings (SSSR count). The van der Waals surface area contributed by atoms with Crippen molar-refractivity contribution in [2.45, 2.75) is 18.3 Å². The lowest BCUT2D eigenvalue weighted by Crippen LogP contribution is -2.50. The van der Waals surface area contributed by atoms with Crippen molar-refractivity contribution in [3.8, 4) is 0 Å². The monoisotopic (exact) mass is 458 g/mol. The van der Waals surface area contributed by atoms with Crippen LogP contribution in [0.4, 0.5) is 0 Å². The number of carbonyl (C=O) groups excluding carboxylic acids is 1. The van der Waals surface area contributed by atoms with Gasteiger partial charge < -0.3 is 4.90 Å². The molecule has 1 fully saturated rings. The van der Waals surface area contributed by atoms with Gasteiger partial charge in [0.1, 0.15) is 11.2 Å². The number of nitrogens with zero attached hydrogens (tertiary/aromatic N) is 4. The Morgan fingerprint density at radius 2 is 1.74 bits per heavy atom. The molecule has 2 heterocycles. The minimum absolute atomic E-state index is 0.0777. The first-order valence-corrected chi connectivity index (χ1v) is 11.1. The first-order valence-electron chi connectivity index (χ1n) is 10.2. The number of hydrogen-bond donors (Lipinski definition) is 0. The molecule has 1 saturated heterocycles. The van der Waals surface area contributed by atoms with Crippen molar-refractivity contribution in [2.24, 2.45) is 7.05 Å². The standard InChI is InChI=1S/C23H24Cl2N4O2/c1-15(21-26-19-14-17(24)8-9-18(19)22(30)27(21)2)28-10-12-29(13-11-28)23(31)20(25)16-6-4-3-5-7-16/h3-9,14-15,20H,10-13H2,1-2H3. The molecule has 0 bridgehead atoms. The zero-order valence-corrected chi connectivity index (χ0v) is 19.0. The van der Waals surface area contributed by atoms with E-state index in [-0.39, 0.29) is 17.5 Å². The molecule has 0 N–H and O–H groups in total. The lowest BCUT2D eigenvalue weighted by atomic mass is 10.1. The normalized spacial score (nSPS) is 17.0. The molecule has 2 atom stereocenters. The Kier molecular flexibility index (Phi) is 6.32. The second-order valence-corrected chi connectivity index (χ2v) is 8.68. The Morgan fingerprint density at radius 3 is 2.42 bits per heavy atom. The number of alkyl halides is 1. The van der Waals surface area contributed by atoms with Gasteiger partial charge in [-0.05, 0) is 30.7 Å². The number of halogens is 2. The van der Waals surface area contributed by atoms with Gasteiger partial charge in [0.2, 0.25) is 5.91 Å². The molecular weight excluding hydrogens is 435 g/mol. The van der Waals surface area contributed by atoms with E-state index in [9.17, 15) is 9.59 Å². The average molecular weight is 459 g/mol. The largest absolute Gasteiger partial charge is 0.339 e. The summed E-state index contributed by atoms with van der Waals surface area (Å²) in [5.41, 5.74) is 1.31. The van der Waals surface area contributed by atoms with Crippen LogP contribution in [0, 0.1) is 0 Å². The van der Waals surface area contributed by atoms with E-state index < -0.39 is 5.38 Å². The molecular formula is C23H24Cl2N4O2. The number of hydrogen-bond acceptors (Lipinski definition) is 4. The van der Waals surface area contributed by atoms with E-state index in [4.69, 9.17) is 28.2 Å². The van der Waals surface area contributed by atoms with Crippen LogP contribution in [0.5, 0.6) is 0 Å². The SMILES string of the molecule is CC(c1nc2cc(Cl)ccc2c(=O)n1C)N1CCN(C(=O)C(Cl)c2ccccc2)CC1. The van der Waals surface area contributed by atoms with Crippen LogP contribution in [0.25, 0.3) is 10.9 Å². The molecule has 1 aliphatic rings. The van der Waals surface area contributed by atoms with Crippen molar-refractivity contribution in [2.75, 3.05) is 26.2 Å². The van der Waals surface area contributed by atoms with E-state index in [0.29, 0.717) is 47.9 Å². The van der Waals surface area contributed by atoms with Crippen molar-refractivity contribution in [3.05, 3.63) is 75.3 Å². The summed E-state index contributed by atoms with van der Waals surface area (Å²) in [7, 11) is 1.74. The van der Waals surface area contributed by atoms with Crippen molar-refractivity contribution in [1.29, 1.82) is 0 Å². The number of amides is 1. The highest BCUT2D eigenvalue weighted by Gasteiger charge is 2.30. The van der Waals surface area contributed by atoms with E-state index >= 15 is 0 Å². The van der Waals surface area contributed by atoms with Crippen LogP contribution < -0.4 is 5.56 Å². The average Bonchev–Trinajstić information content (AvgIpc) is 2.80. The van der Waals surface area contributed by atoms with Gasteiger partial charge in [-0.15, -0.1) is 11.6 Å². The first-order chi connectivity index (χ1) is 14.9. The van der Waals surface area contributed by atoms with Gasteiger partial charge in [0.05, 0.1) is 16.9 Å². The van der Waals surface area contributed by atoms with Crippen LogP contribution in [0.2, 0.25) is 5.02 Å². The molecule has 162 valence electrons. The van der Waals surface area contributed by atoms with Crippen molar-refractivity contribution < 1.29 is 4.79 Å². The van der Waals surface area contributed by atoms with Crippen LogP contribution in [0.15, 0.2) is 53.3 Å². The van der Waals surface area contributed by atoms with Gasteiger partial charge >= 0.3 is 0 Å². The zero-order valence-electron chi connectivity index (χ0n) is 17.5. The van der Waals surface area contributed by atoms with Crippen molar-refractivity contribution in [3.63, 3.8) is 0 Å². The Labute approximate surface area is 191 Å². The predicted octanol–water partition coefficient (Wildman–Crippen LogP) is 3.77. The molecule has 6 nitrogen and oxygen atoms in total. The molecule has 3 aromatic rings. The number of rotatable bonds is 4. The highest BCUT2D eigenvalue weighted by atomic mass is 35.5. The van der Waals surface area contributed by atoms with E-state index in [0.717, 1.165) is 5.56 Å². The summed E-state index contributed by atoms with van der Waals surface area (Å²) in [4.78, 5) is 34.4. The van der Waals surface area contributed by atoms with Crippen molar-refractivity contribution >= 4 is 40.0 Å². The molecule has 31 heavy (non-hydrogen) atoms. The third-order valence-electron chi connectivity index (χ3n) is 5.93. The maximum absolute atomic E-state index is 12.8. The van der Waals surface area contributed by atoms with Gasteiger partial charge in [-0.1, -0.05) is 41.9 Å². The van der Waals surface area contributed by atoms with Gasteiger partial charge in [0, 0.05) is 38.2 Å². The zero-order chi connectivity index (χ0) is 22.1. The second-order valence-electron chi connectivity index (χ2n) is 7.81. The van der Waals surface area contributed by atoms with E-state index in [2.05, 4.69) is 4.90 Å². The highest BCUT2D eigenvalue weighted by molar-refractivity contribution is 6.31. The molecule has 8 heteroatoms. The van der Waals surface area contributed by atoms with Crippen LogP contribution in [-0.2, 0) is 11.8 Å². The maximum Gasteiger partial charge on any atom is 0.261 e. The van der Waals surface area contributed by atoms with Gasteiger partial charge in [0.25, 0.3) is 5.56 Å². The summed E-state index contributed by atoms with van der Waals surface area (Å²) in [6, 6.07) is 14.4. The van der Waals surface area contributed by atoms with Gasteiger partial charge in [-0.2, -0.15) is 0 Å². The first kappa shape index (κ1) is 21.8. The summed E-state index contributed by atoms with van der Waals surface area (Å²) < 4.78 is 1.60. The lowest BCUT2D eigenvalue weighted by Gasteiger charge is -2.38. The van der Waals surface area contributed by atoms with Crippen LogP contribution in [0.3, 0.4) is 0 Å². The Balaban J connectivity index is 1.48. The summed E-state index contributed by atoms with van der Waals surface area (Å²) in [6.07, 6.45) is 0. The summed E-state index contributed by atoms with van der Waals surface area (Å²) in [5, 5.41) is 0.415. The Bertz CT molecular complexity index is 1160. The molecule has 2 aromatic carbocycles. The molecule has 0 radical (unpaired) electrons. The highest BCUT2D eigenvalue weighted by Crippen LogP contribution is 2.26. The molecule has 0 aliphatic carbocycles. The van der Waals surface area contributed by atoms with Gasteiger partial charge in [-0.25, -0.2) is 4.98 Å². The molecule has 1 aromatic heterocycles. The summed E-state index contributed by atoms with van der Waals surface area (Å²) in [6.45, 7) is 4.53. The number of piperazine rings is 1. The number of fused-ring (bicyclic) bond motifs is 1. The Morgan fingerprint density at radius 1 is 1.06 bits per heavy atom. The molecule has 0 spiro atoms. The fourth-order valence-corrected chi connectivity index (χ4v) is 4.50. The van der Waals surface area contributed by atoms with E-state index in [1.807, 2.05) is 37.3 Å². The fourth-order valence-electron chi connectivity index (χ4n) is 4.05. The second kappa shape index (κ2) is 8.99. The summed E-state index contributed by atoms with van der Waals surface area (Å²) >= 11 is 12.5. The quantitative estimate of drug-likeness (QED) is 0.558. The predicted molar refractivity (Wildman–Crippen MR) is 124 cm³/mol. The minimum atomic E-state index is -0.683. The topological polar surface area (TPSA) is 58.4 Å². The third-order valence-corrected chi connectivity index (χ3v) is 6.60. The van der Waals surface area contributed by atoms with E-state index in [1.165, 1.54) is 0 Å². The van der Waals surface area contributed by atoms with Crippen LogP contribution >= 0.6 is 23.2 Å². The molecule has 1 aliphatic heterocycles. The van der Waals surface area contributed by atoms with Crippen LogP contribution in [-0.4, -0.2) is 51.4 Å². The third kappa shape index (κ3) is 4.33. The fraction of sp³-hybridized carbons (Fsp3) is 0.348. The smallest absolute Gasteiger partial charge is 0.261 e. The molecule has 0 saturated carbocycles. The number of carbonyl (C=O) groups is 1. The molecule has 2 unspecified atom stereocenters. The summed E-state index contributed by atoms with van der Waals surface area (Å²) in [5.74, 6) is 0.602. The molecule has 1 amide bonds. The Hall–Kier alpha value is -2.41. The number of aromatic nitrogens is 2. The van der Waals surface area contributed by atoms with Gasteiger partial charge in [-0.3, -0.25) is 19.1 Å². The van der Waals surface area contributed by atoms with Crippen molar-refractivity contribution in [1.82, 2.24) is 19.4 Å². The number of benzene rings is 2. The minimum Gasteiger partial charge on any atom is -0.339 e. The van der Waals surface area contributed by atoms with E-state index in [1.54, 1.807) is 34.7 Å². The maximum atomic E-state index is 12.8. The van der Waals surface area contributed by atoms with Gasteiger partial charge in [0.15, 0.2) is 0 Å².